The average molecular weight is 438 g/mol. The molecule has 0 aliphatic carbocycles. The normalized spacial score (nSPS) is 15.7. The van der Waals surface area contributed by atoms with Crippen LogP contribution in [0.5, 0.6) is 0 Å². The van der Waals surface area contributed by atoms with Crippen LogP contribution in [-0.2, 0) is 4.74 Å². The number of benzene rings is 1. The largest absolute Gasteiger partial charge is 0.465 e. The van der Waals surface area contributed by atoms with Crippen LogP contribution >= 0.6 is 0 Å². The molecule has 1 fully saturated rings. The van der Waals surface area contributed by atoms with Crippen molar-refractivity contribution in [2.24, 2.45) is 0 Å². The third-order valence-corrected chi connectivity index (χ3v) is 6.27. The molecule has 9 heteroatoms. The van der Waals surface area contributed by atoms with Crippen molar-refractivity contribution in [1.29, 1.82) is 0 Å². The summed E-state index contributed by atoms with van der Waals surface area (Å²) in [5.41, 5.74) is 3.31. The minimum Gasteiger partial charge on any atom is -0.465 e. The van der Waals surface area contributed by atoms with Gasteiger partial charge in [0.05, 0.1) is 29.9 Å². The molecule has 0 saturated carbocycles. The number of carbonyl (C=O) groups excluding carboxylic acids is 3. The summed E-state index contributed by atoms with van der Waals surface area (Å²) in [4.78, 5) is 45.1. The van der Waals surface area contributed by atoms with Crippen LogP contribution < -0.4 is 0 Å². The molecule has 1 amide bonds. The molecule has 0 bridgehead atoms. The van der Waals surface area contributed by atoms with Crippen LogP contribution in [0.1, 0.15) is 49.5 Å². The molecule has 1 unspecified atom stereocenters. The second kappa shape index (κ2) is 8.58. The number of rotatable bonds is 5. The maximum Gasteiger partial charge on any atom is 0.339 e. The Morgan fingerprint density at radius 2 is 1.78 bits per heavy atom. The smallest absolute Gasteiger partial charge is 0.339 e. The first-order valence-electron chi connectivity index (χ1n) is 10.6. The fourth-order valence-corrected chi connectivity index (χ4v) is 4.37. The van der Waals surface area contributed by atoms with Gasteiger partial charge in [-0.3, -0.25) is 19.6 Å². The number of Topliss-reactive ketones (excluding diaryl/α,β-unsaturated/α-hetero) is 1. The molecule has 4 rings (SSSR count). The third-order valence-electron chi connectivity index (χ3n) is 6.27. The molecular weight excluding hydrogens is 410 g/mol. The van der Waals surface area contributed by atoms with E-state index in [4.69, 9.17) is 4.74 Å². The van der Waals surface area contributed by atoms with Crippen molar-refractivity contribution < 1.29 is 19.1 Å². The van der Waals surface area contributed by atoms with E-state index in [9.17, 15) is 14.4 Å². The fourth-order valence-electron chi connectivity index (χ4n) is 4.37. The van der Waals surface area contributed by atoms with Crippen LogP contribution in [0.25, 0.3) is 10.9 Å². The molecule has 1 aliphatic rings. The van der Waals surface area contributed by atoms with Crippen molar-refractivity contribution >= 4 is 28.6 Å². The lowest BCUT2D eigenvalue weighted by Gasteiger charge is -2.37. The zero-order valence-corrected chi connectivity index (χ0v) is 18.7. The number of aromatic amines is 2. The summed E-state index contributed by atoms with van der Waals surface area (Å²) in [6.07, 6.45) is 0. The van der Waals surface area contributed by atoms with Gasteiger partial charge < -0.3 is 14.6 Å². The maximum absolute atomic E-state index is 13.2. The first-order valence-corrected chi connectivity index (χ1v) is 10.6. The number of amides is 1. The van der Waals surface area contributed by atoms with Gasteiger partial charge in [0.2, 0.25) is 0 Å². The van der Waals surface area contributed by atoms with Gasteiger partial charge in [-0.15, -0.1) is 0 Å². The van der Waals surface area contributed by atoms with Crippen molar-refractivity contribution in [3.8, 4) is 0 Å². The number of esters is 1. The molecule has 0 radical (unpaired) electrons. The number of nitrogens with zero attached hydrogens (tertiary/aromatic N) is 3. The topological polar surface area (TPSA) is 111 Å². The van der Waals surface area contributed by atoms with E-state index in [0.717, 1.165) is 10.9 Å². The number of piperazine rings is 1. The Bertz CT molecular complexity index is 1190. The molecule has 2 aromatic heterocycles. The van der Waals surface area contributed by atoms with Gasteiger partial charge in [0.25, 0.3) is 5.91 Å². The number of methoxy groups -OCH3 is 1. The van der Waals surface area contributed by atoms with Gasteiger partial charge in [-0.2, -0.15) is 5.10 Å². The van der Waals surface area contributed by atoms with Crippen LogP contribution in [0.15, 0.2) is 24.3 Å². The van der Waals surface area contributed by atoms with Gasteiger partial charge in [0, 0.05) is 37.3 Å². The van der Waals surface area contributed by atoms with E-state index in [2.05, 4.69) is 20.1 Å². The number of H-pyrrole nitrogens is 2. The summed E-state index contributed by atoms with van der Waals surface area (Å²) >= 11 is 0. The lowest BCUT2D eigenvalue weighted by atomic mass is 10.0. The highest BCUT2D eigenvalue weighted by Gasteiger charge is 2.32. The fraction of sp³-hybridized carbons (Fsp3) is 0.391. The minimum absolute atomic E-state index is 0.0844. The number of nitrogens with one attached hydrogen (secondary N) is 2. The van der Waals surface area contributed by atoms with Crippen LogP contribution in [-0.4, -0.2) is 82.0 Å². The van der Waals surface area contributed by atoms with Crippen molar-refractivity contribution in [3.05, 3.63) is 52.5 Å². The predicted molar refractivity (Wildman–Crippen MR) is 119 cm³/mol. The molecule has 2 N–H and O–H groups in total. The summed E-state index contributed by atoms with van der Waals surface area (Å²) in [7, 11) is 1.32. The third kappa shape index (κ3) is 3.69. The number of fused-ring (bicyclic) bond motifs is 1. The summed E-state index contributed by atoms with van der Waals surface area (Å²) in [5, 5.41) is 7.92. The Morgan fingerprint density at radius 1 is 1.09 bits per heavy atom. The van der Waals surface area contributed by atoms with E-state index in [1.165, 1.54) is 7.11 Å². The number of aromatic nitrogens is 3. The molecule has 1 aromatic carbocycles. The summed E-state index contributed by atoms with van der Waals surface area (Å²) in [6.45, 7) is 7.52. The zero-order valence-electron chi connectivity index (χ0n) is 18.7. The quantitative estimate of drug-likeness (QED) is 0.468. The first-order chi connectivity index (χ1) is 15.3. The molecular formula is C23H27N5O4. The molecule has 32 heavy (non-hydrogen) atoms. The van der Waals surface area contributed by atoms with Crippen LogP contribution in [0.4, 0.5) is 0 Å². The van der Waals surface area contributed by atoms with Crippen LogP contribution in [0.3, 0.4) is 0 Å². The van der Waals surface area contributed by atoms with Crippen molar-refractivity contribution in [2.45, 2.75) is 26.8 Å². The minimum atomic E-state index is -0.457. The monoisotopic (exact) mass is 437 g/mol. The number of carbonyl (C=O) groups is 3. The van der Waals surface area contributed by atoms with E-state index in [0.29, 0.717) is 54.4 Å². The number of ketones is 1. The average Bonchev–Trinajstić information content (AvgIpc) is 3.37. The highest BCUT2D eigenvalue weighted by atomic mass is 16.5. The molecule has 1 saturated heterocycles. The Balaban J connectivity index is 1.43. The maximum atomic E-state index is 13.2. The second-order valence-corrected chi connectivity index (χ2v) is 8.10. The van der Waals surface area contributed by atoms with Gasteiger partial charge in [-0.25, -0.2) is 4.79 Å². The van der Waals surface area contributed by atoms with E-state index in [-0.39, 0.29) is 17.7 Å². The lowest BCUT2D eigenvalue weighted by Crippen LogP contribution is -2.53. The number of para-hydroxylation sites is 1. The molecule has 168 valence electrons. The van der Waals surface area contributed by atoms with E-state index < -0.39 is 5.97 Å². The summed E-state index contributed by atoms with van der Waals surface area (Å²) in [5.74, 6) is -0.653. The zero-order chi connectivity index (χ0) is 23.0. The molecule has 0 spiro atoms. The number of hydrogen-bond donors (Lipinski definition) is 2. The Hall–Kier alpha value is -3.46. The first kappa shape index (κ1) is 21.8. The second-order valence-electron chi connectivity index (χ2n) is 8.10. The highest BCUT2D eigenvalue weighted by molar-refractivity contribution is 6.05. The van der Waals surface area contributed by atoms with Gasteiger partial charge in [-0.05, 0) is 32.4 Å². The number of hydrogen-bond acceptors (Lipinski definition) is 6. The SMILES string of the molecule is COC(=O)c1c(C)[nH]c(C(=O)C(C)N2CCN(C(=O)c3n[nH]c4ccccc34)CC2)c1C. The van der Waals surface area contributed by atoms with Gasteiger partial charge in [-0.1, -0.05) is 18.2 Å². The van der Waals surface area contributed by atoms with Gasteiger partial charge in [0.15, 0.2) is 11.5 Å². The van der Waals surface area contributed by atoms with E-state index in [1.807, 2.05) is 31.2 Å². The van der Waals surface area contributed by atoms with E-state index in [1.54, 1.807) is 18.7 Å². The van der Waals surface area contributed by atoms with Crippen molar-refractivity contribution in [2.75, 3.05) is 33.3 Å². The highest BCUT2D eigenvalue weighted by Crippen LogP contribution is 2.22. The van der Waals surface area contributed by atoms with Gasteiger partial charge >= 0.3 is 5.97 Å². The van der Waals surface area contributed by atoms with Crippen LogP contribution in [0.2, 0.25) is 0 Å². The lowest BCUT2D eigenvalue weighted by molar-refractivity contribution is 0.0546. The molecule has 3 aromatic rings. The number of aryl methyl sites for hydroxylation is 1. The Labute approximate surface area is 185 Å². The van der Waals surface area contributed by atoms with E-state index >= 15 is 0 Å². The standard InChI is InChI=1S/C23H27N5O4/c1-13-18(23(31)32-4)14(2)24-19(13)21(29)15(3)27-9-11-28(12-10-27)22(30)20-16-7-5-6-8-17(16)25-26-20/h5-8,15,24H,9-12H2,1-4H3,(H,25,26). The Kier molecular flexibility index (Phi) is 5.84. The van der Waals surface area contributed by atoms with Gasteiger partial charge in [0.1, 0.15) is 0 Å². The Morgan fingerprint density at radius 3 is 2.47 bits per heavy atom. The molecule has 3 heterocycles. The van der Waals surface area contributed by atoms with Crippen molar-refractivity contribution in [1.82, 2.24) is 25.0 Å². The van der Waals surface area contributed by atoms with Crippen LogP contribution in [0, 0.1) is 13.8 Å². The summed E-state index contributed by atoms with van der Waals surface area (Å²) in [6, 6.07) is 7.16. The summed E-state index contributed by atoms with van der Waals surface area (Å²) < 4.78 is 4.83. The number of ether oxygens (including phenoxy) is 1. The van der Waals surface area contributed by atoms with Crippen molar-refractivity contribution in [3.63, 3.8) is 0 Å². The molecule has 1 atom stereocenters. The predicted octanol–water partition coefficient (Wildman–Crippen LogP) is 2.32. The molecule has 1 aliphatic heterocycles. The molecule has 9 nitrogen and oxygen atoms in total.